The molecule has 0 N–H and O–H groups in total. The lowest BCUT2D eigenvalue weighted by atomic mass is 10.2. The first-order valence-electron chi connectivity index (χ1n) is 4.81. The Kier molecular flexibility index (Phi) is 1.54. The molecule has 0 heterocycles. The van der Waals surface area contributed by atoms with E-state index in [9.17, 15) is 0 Å². The van der Waals surface area contributed by atoms with Crippen molar-refractivity contribution in [2.75, 3.05) is 0 Å². The summed E-state index contributed by atoms with van der Waals surface area (Å²) < 4.78 is 0. The summed E-state index contributed by atoms with van der Waals surface area (Å²) in [6.45, 7) is 0. The molecule has 0 amide bonds. The Morgan fingerprint density at radius 3 is 1.00 bits per heavy atom. The number of hydrogen-bond acceptors (Lipinski definition) is 0. The Bertz CT molecular complexity index is 489. The zero-order valence-electron chi connectivity index (χ0n) is 7.77. The average molecular weight is 184 g/mol. The standard InChI is InChI=1S/C14H10/c1-2-6-12-10-14-8-4-3-7-13(14)9-11(12)5-1/h1-10H/i1+1,2+1,5+1,6+1,11+1,12+1. The molecule has 0 atom stereocenters. The second-order valence-electron chi connectivity index (χ2n) is 3.55. The molecule has 3 aromatic rings. The van der Waals surface area contributed by atoms with E-state index in [1.165, 1.54) is 21.5 Å². The highest BCUT2D eigenvalue weighted by atomic mass is 14.8. The predicted octanol–water partition coefficient (Wildman–Crippen LogP) is 3.99. The summed E-state index contributed by atoms with van der Waals surface area (Å²) in [5.74, 6) is 0. The minimum atomic E-state index is 1.31. The summed E-state index contributed by atoms with van der Waals surface area (Å²) >= 11 is 0. The molecule has 0 nitrogen and oxygen atoms in total. The lowest BCUT2D eigenvalue weighted by Gasteiger charge is -2.00. The molecule has 0 saturated carbocycles. The van der Waals surface area contributed by atoms with Crippen molar-refractivity contribution in [1.29, 1.82) is 0 Å². The van der Waals surface area contributed by atoms with Crippen molar-refractivity contribution in [1.82, 2.24) is 0 Å². The van der Waals surface area contributed by atoms with Gasteiger partial charge in [0.1, 0.15) is 0 Å². The van der Waals surface area contributed by atoms with Gasteiger partial charge >= 0.3 is 0 Å². The number of rotatable bonds is 0. The minimum Gasteiger partial charge on any atom is -0.0616 e. The summed E-state index contributed by atoms with van der Waals surface area (Å²) in [6.07, 6.45) is 0. The highest BCUT2D eigenvalue weighted by Gasteiger charge is 1.95. The highest BCUT2D eigenvalue weighted by Crippen LogP contribution is 2.21. The highest BCUT2D eigenvalue weighted by molar-refractivity contribution is 5.97. The molecule has 3 aromatic carbocycles. The fraction of sp³-hybridized carbons (Fsp3) is 0. The first-order chi connectivity index (χ1) is 6.93. The molecular formula is C14H10. The van der Waals surface area contributed by atoms with Crippen LogP contribution in [0.2, 0.25) is 0 Å². The Hall–Kier alpha value is -1.82. The van der Waals surface area contributed by atoms with Gasteiger partial charge in [0.05, 0.1) is 0 Å². The Morgan fingerprint density at radius 2 is 0.714 bits per heavy atom. The van der Waals surface area contributed by atoms with E-state index in [0.29, 0.717) is 0 Å². The molecule has 0 heteroatoms. The second kappa shape index (κ2) is 2.85. The molecule has 66 valence electrons. The van der Waals surface area contributed by atoms with Crippen molar-refractivity contribution in [3.63, 3.8) is 0 Å². The maximum absolute atomic E-state index is 2.24. The van der Waals surface area contributed by atoms with E-state index in [-0.39, 0.29) is 0 Å². The van der Waals surface area contributed by atoms with Crippen LogP contribution in [0.4, 0.5) is 0 Å². The lowest BCUT2D eigenvalue weighted by molar-refractivity contribution is 1.76. The lowest BCUT2D eigenvalue weighted by Crippen LogP contribution is -1.74. The summed E-state index contributed by atoms with van der Waals surface area (Å²) in [5, 5.41) is 5.25. The Labute approximate surface area is 82.8 Å². The van der Waals surface area contributed by atoms with E-state index < -0.39 is 0 Å². The maximum Gasteiger partial charge on any atom is -0.0178 e. The van der Waals surface area contributed by atoms with E-state index in [1.807, 2.05) is 0 Å². The van der Waals surface area contributed by atoms with Gasteiger partial charge in [-0.1, -0.05) is 48.5 Å². The largest absolute Gasteiger partial charge is 0.0616 e. The van der Waals surface area contributed by atoms with Gasteiger partial charge in [-0.15, -0.1) is 0 Å². The van der Waals surface area contributed by atoms with Gasteiger partial charge in [0.25, 0.3) is 0 Å². The van der Waals surface area contributed by atoms with Gasteiger partial charge in [0.15, 0.2) is 0 Å². The molecule has 0 aliphatic carbocycles. The van der Waals surface area contributed by atoms with E-state index in [2.05, 4.69) is 60.7 Å². The monoisotopic (exact) mass is 184 g/mol. The van der Waals surface area contributed by atoms with Crippen molar-refractivity contribution in [2.45, 2.75) is 0 Å². The first kappa shape index (κ1) is 7.57. The molecule has 0 saturated heterocycles. The van der Waals surface area contributed by atoms with Crippen LogP contribution in [0, 0.1) is 0 Å². The van der Waals surface area contributed by atoms with Gasteiger partial charge in [0, 0.05) is 0 Å². The summed E-state index contributed by atoms with van der Waals surface area (Å²) in [7, 11) is 0. The molecular weight excluding hydrogens is 174 g/mol. The average Bonchev–Trinajstić information content (AvgIpc) is 2.26. The van der Waals surface area contributed by atoms with E-state index in [4.69, 9.17) is 0 Å². The quantitative estimate of drug-likeness (QED) is 0.463. The normalized spacial score (nSPS) is 10.9. The van der Waals surface area contributed by atoms with Crippen LogP contribution in [0.3, 0.4) is 0 Å². The van der Waals surface area contributed by atoms with Crippen molar-refractivity contribution < 1.29 is 0 Å². The van der Waals surface area contributed by atoms with Gasteiger partial charge in [-0.3, -0.25) is 0 Å². The van der Waals surface area contributed by atoms with Gasteiger partial charge in [0.2, 0.25) is 0 Å². The number of fused-ring (bicyclic) bond motifs is 2. The molecule has 0 radical (unpaired) electrons. The maximum atomic E-state index is 2.24. The summed E-state index contributed by atoms with van der Waals surface area (Å²) in [4.78, 5) is 0. The number of hydrogen-bond donors (Lipinski definition) is 0. The zero-order valence-corrected chi connectivity index (χ0v) is 7.77. The second-order valence-corrected chi connectivity index (χ2v) is 3.55. The zero-order chi connectivity index (χ0) is 9.38. The van der Waals surface area contributed by atoms with Crippen LogP contribution in [0.15, 0.2) is 60.7 Å². The molecule has 3 rings (SSSR count). The molecule has 0 fully saturated rings. The van der Waals surface area contributed by atoms with Crippen LogP contribution < -0.4 is 0 Å². The SMILES string of the molecule is c1ccc2c[13c]3[13cH][13cH][13cH][13cH][13c]3cc2c1. The van der Waals surface area contributed by atoms with Crippen LogP contribution in [-0.2, 0) is 0 Å². The van der Waals surface area contributed by atoms with E-state index in [0.717, 1.165) is 0 Å². The summed E-state index contributed by atoms with van der Waals surface area (Å²) in [6, 6.07) is 21.4. The van der Waals surface area contributed by atoms with Gasteiger partial charge in [-0.05, 0) is 33.7 Å². The van der Waals surface area contributed by atoms with Crippen molar-refractivity contribution in [3.8, 4) is 0 Å². The van der Waals surface area contributed by atoms with Crippen molar-refractivity contribution in [2.24, 2.45) is 0 Å². The molecule has 0 aliphatic heterocycles. The van der Waals surface area contributed by atoms with Crippen LogP contribution in [0.1, 0.15) is 0 Å². The molecule has 0 spiro atoms. The minimum absolute atomic E-state index is 1.31. The van der Waals surface area contributed by atoms with Crippen LogP contribution in [0.5, 0.6) is 0 Å². The van der Waals surface area contributed by atoms with Crippen molar-refractivity contribution >= 4 is 21.5 Å². The van der Waals surface area contributed by atoms with Gasteiger partial charge in [-0.2, -0.15) is 0 Å². The third kappa shape index (κ3) is 1.08. The van der Waals surface area contributed by atoms with Gasteiger partial charge in [-0.25, -0.2) is 0 Å². The summed E-state index contributed by atoms with van der Waals surface area (Å²) in [5.41, 5.74) is 0. The molecule has 0 unspecified atom stereocenters. The molecule has 14 heavy (non-hydrogen) atoms. The number of benzene rings is 3. The third-order valence-corrected chi connectivity index (χ3v) is 2.61. The third-order valence-electron chi connectivity index (χ3n) is 2.61. The van der Waals surface area contributed by atoms with Gasteiger partial charge < -0.3 is 0 Å². The van der Waals surface area contributed by atoms with Crippen molar-refractivity contribution in [3.05, 3.63) is 60.7 Å². The molecule has 0 aromatic heterocycles. The first-order valence-corrected chi connectivity index (χ1v) is 4.81. The Balaban J connectivity index is 2.52. The van der Waals surface area contributed by atoms with E-state index >= 15 is 0 Å². The topological polar surface area (TPSA) is 0 Å². The predicted molar refractivity (Wildman–Crippen MR) is 61.5 cm³/mol. The van der Waals surface area contributed by atoms with E-state index in [1.54, 1.807) is 0 Å². The van der Waals surface area contributed by atoms with Crippen LogP contribution in [-0.4, -0.2) is 0 Å². The Morgan fingerprint density at radius 1 is 0.429 bits per heavy atom. The molecule has 0 bridgehead atoms. The molecule has 0 aliphatic rings. The smallest absolute Gasteiger partial charge is 0.0178 e. The fourth-order valence-corrected chi connectivity index (χ4v) is 1.88. The van der Waals surface area contributed by atoms with Crippen LogP contribution >= 0.6 is 0 Å². The van der Waals surface area contributed by atoms with Crippen LogP contribution in [0.25, 0.3) is 21.5 Å². The fourth-order valence-electron chi connectivity index (χ4n) is 1.88.